The lowest BCUT2D eigenvalue weighted by atomic mass is 10.1. The van der Waals surface area contributed by atoms with E-state index in [1.807, 2.05) is 12.1 Å². The molecule has 0 aliphatic carbocycles. The van der Waals surface area contributed by atoms with Crippen molar-refractivity contribution in [2.75, 3.05) is 11.4 Å². The topological polar surface area (TPSA) is 64.3 Å². The van der Waals surface area contributed by atoms with Crippen LogP contribution in [0.1, 0.15) is 16.8 Å². The highest BCUT2D eigenvalue weighted by Crippen LogP contribution is 2.31. The van der Waals surface area contributed by atoms with E-state index in [1.165, 1.54) is 23.1 Å². The van der Waals surface area contributed by atoms with Crippen LogP contribution in [0.5, 0.6) is 0 Å². The summed E-state index contributed by atoms with van der Waals surface area (Å²) < 4.78 is 14.2. The standard InChI is InChI=1S/C16H13FN2O2/c17-14-9-4-8-13(16(20)21)15(14)19(11-5-10-18)12-6-2-1-3-7-12/h1-4,6-9H,5,11H2,(H,20,21). The van der Waals surface area contributed by atoms with E-state index < -0.39 is 11.8 Å². The van der Waals surface area contributed by atoms with Crippen LogP contribution in [0.4, 0.5) is 15.8 Å². The molecule has 0 atom stereocenters. The van der Waals surface area contributed by atoms with Crippen molar-refractivity contribution in [1.29, 1.82) is 5.26 Å². The average Bonchev–Trinajstić information content (AvgIpc) is 2.49. The summed E-state index contributed by atoms with van der Waals surface area (Å²) in [6.07, 6.45) is 0.155. The number of anilines is 2. The van der Waals surface area contributed by atoms with Gasteiger partial charge in [-0.15, -0.1) is 0 Å². The number of carbonyl (C=O) groups is 1. The first-order valence-corrected chi connectivity index (χ1v) is 6.36. The van der Waals surface area contributed by atoms with Gasteiger partial charge in [-0.1, -0.05) is 24.3 Å². The second-order valence-electron chi connectivity index (χ2n) is 4.34. The Bertz CT molecular complexity index is 680. The normalized spacial score (nSPS) is 9.90. The summed E-state index contributed by atoms with van der Waals surface area (Å²) in [5.41, 5.74) is 0.489. The summed E-state index contributed by atoms with van der Waals surface area (Å²) in [6.45, 7) is 0.210. The lowest BCUT2D eigenvalue weighted by Crippen LogP contribution is -2.22. The summed E-state index contributed by atoms with van der Waals surface area (Å²) in [5, 5.41) is 18.0. The van der Waals surface area contributed by atoms with Crippen molar-refractivity contribution in [2.45, 2.75) is 6.42 Å². The Morgan fingerprint density at radius 1 is 1.19 bits per heavy atom. The number of carboxylic acids is 1. The molecule has 2 aromatic carbocycles. The van der Waals surface area contributed by atoms with Gasteiger partial charge in [0.15, 0.2) is 0 Å². The zero-order valence-corrected chi connectivity index (χ0v) is 11.2. The molecule has 0 aliphatic heterocycles. The van der Waals surface area contributed by atoms with Crippen LogP contribution in [0.25, 0.3) is 0 Å². The first kappa shape index (κ1) is 14.5. The van der Waals surface area contributed by atoms with E-state index in [-0.39, 0.29) is 24.2 Å². The SMILES string of the molecule is N#CCCN(c1ccccc1)c1c(F)cccc1C(=O)O. The molecule has 5 heteroatoms. The number of carboxylic acid groups (broad SMARTS) is 1. The van der Waals surface area contributed by atoms with Crippen LogP contribution in [-0.4, -0.2) is 17.6 Å². The monoisotopic (exact) mass is 284 g/mol. The minimum atomic E-state index is -1.21. The van der Waals surface area contributed by atoms with Crippen molar-refractivity contribution < 1.29 is 14.3 Å². The van der Waals surface area contributed by atoms with Crippen LogP contribution in [0.15, 0.2) is 48.5 Å². The number of rotatable bonds is 5. The van der Waals surface area contributed by atoms with Gasteiger partial charge in [0.05, 0.1) is 23.7 Å². The van der Waals surface area contributed by atoms with E-state index in [1.54, 1.807) is 24.3 Å². The number of hydrogen-bond acceptors (Lipinski definition) is 3. The Labute approximate surface area is 121 Å². The van der Waals surface area contributed by atoms with Crippen molar-refractivity contribution in [3.05, 3.63) is 59.9 Å². The summed E-state index contributed by atoms with van der Waals surface area (Å²) >= 11 is 0. The number of nitrogens with zero attached hydrogens (tertiary/aromatic N) is 2. The molecule has 106 valence electrons. The molecule has 2 aromatic rings. The van der Waals surface area contributed by atoms with Crippen molar-refractivity contribution in [2.24, 2.45) is 0 Å². The molecule has 21 heavy (non-hydrogen) atoms. The molecule has 0 heterocycles. The van der Waals surface area contributed by atoms with Gasteiger partial charge >= 0.3 is 5.97 Å². The third-order valence-corrected chi connectivity index (χ3v) is 3.00. The second kappa shape index (κ2) is 6.53. The molecule has 4 nitrogen and oxygen atoms in total. The number of benzene rings is 2. The molecule has 2 rings (SSSR count). The molecule has 0 aromatic heterocycles. The lowest BCUT2D eigenvalue weighted by molar-refractivity contribution is 0.0697. The average molecular weight is 284 g/mol. The highest BCUT2D eigenvalue weighted by Gasteiger charge is 2.21. The highest BCUT2D eigenvalue weighted by atomic mass is 19.1. The van der Waals surface area contributed by atoms with Gasteiger partial charge in [0.2, 0.25) is 0 Å². The van der Waals surface area contributed by atoms with Gasteiger partial charge in [0, 0.05) is 12.2 Å². The minimum Gasteiger partial charge on any atom is -0.478 e. The first-order valence-electron chi connectivity index (χ1n) is 6.36. The van der Waals surface area contributed by atoms with Gasteiger partial charge in [0.1, 0.15) is 5.82 Å². The van der Waals surface area contributed by atoms with Gasteiger partial charge < -0.3 is 10.0 Å². The maximum atomic E-state index is 14.2. The molecule has 0 radical (unpaired) electrons. The molecule has 0 spiro atoms. The van der Waals surface area contributed by atoms with Crippen LogP contribution >= 0.6 is 0 Å². The molecule has 0 aliphatic rings. The summed E-state index contributed by atoms with van der Waals surface area (Å²) in [6, 6.07) is 14.8. The summed E-state index contributed by atoms with van der Waals surface area (Å²) in [5.74, 6) is -1.83. The largest absolute Gasteiger partial charge is 0.478 e. The number of hydrogen-bond donors (Lipinski definition) is 1. The predicted molar refractivity (Wildman–Crippen MR) is 77.0 cm³/mol. The second-order valence-corrected chi connectivity index (χ2v) is 4.34. The van der Waals surface area contributed by atoms with E-state index in [9.17, 15) is 14.3 Å². The third kappa shape index (κ3) is 3.18. The van der Waals surface area contributed by atoms with Crippen molar-refractivity contribution in [3.8, 4) is 6.07 Å². The molecule has 0 bridgehead atoms. The van der Waals surface area contributed by atoms with Crippen LogP contribution in [0.2, 0.25) is 0 Å². The maximum Gasteiger partial charge on any atom is 0.337 e. The fourth-order valence-corrected chi connectivity index (χ4v) is 2.10. The molecule has 0 saturated heterocycles. The molecule has 0 fully saturated rings. The van der Waals surface area contributed by atoms with Gasteiger partial charge in [-0.25, -0.2) is 9.18 Å². The van der Waals surface area contributed by atoms with Gasteiger partial charge in [0.25, 0.3) is 0 Å². The Morgan fingerprint density at radius 3 is 2.52 bits per heavy atom. The van der Waals surface area contributed by atoms with E-state index in [0.29, 0.717) is 5.69 Å². The molecule has 0 unspecified atom stereocenters. The molecule has 0 saturated carbocycles. The van der Waals surface area contributed by atoms with Crippen molar-refractivity contribution in [1.82, 2.24) is 0 Å². The highest BCUT2D eigenvalue weighted by molar-refractivity contribution is 5.95. The Kier molecular flexibility index (Phi) is 4.52. The summed E-state index contributed by atoms with van der Waals surface area (Å²) in [4.78, 5) is 12.8. The Hall–Kier alpha value is -2.87. The number of aromatic carboxylic acids is 1. The van der Waals surface area contributed by atoms with Crippen LogP contribution < -0.4 is 4.90 Å². The number of halogens is 1. The summed E-state index contributed by atoms with van der Waals surface area (Å²) in [7, 11) is 0. The third-order valence-electron chi connectivity index (χ3n) is 3.00. The fourth-order valence-electron chi connectivity index (χ4n) is 2.10. The first-order chi connectivity index (χ1) is 10.1. The minimum absolute atomic E-state index is 0.0218. The van der Waals surface area contributed by atoms with Gasteiger partial charge in [-0.05, 0) is 24.3 Å². The zero-order valence-electron chi connectivity index (χ0n) is 11.2. The predicted octanol–water partition coefficient (Wildman–Crippen LogP) is 3.58. The Morgan fingerprint density at radius 2 is 1.90 bits per heavy atom. The van der Waals surface area contributed by atoms with Crippen molar-refractivity contribution >= 4 is 17.3 Å². The van der Waals surface area contributed by atoms with Crippen LogP contribution in [0, 0.1) is 17.1 Å². The molecular formula is C16H13FN2O2. The number of para-hydroxylation sites is 2. The van der Waals surface area contributed by atoms with E-state index >= 15 is 0 Å². The van der Waals surface area contributed by atoms with E-state index in [2.05, 4.69) is 0 Å². The molecule has 1 N–H and O–H groups in total. The lowest BCUT2D eigenvalue weighted by Gasteiger charge is -2.26. The maximum absolute atomic E-state index is 14.2. The molecule has 0 amide bonds. The Balaban J connectivity index is 2.57. The van der Waals surface area contributed by atoms with Crippen LogP contribution in [0.3, 0.4) is 0 Å². The van der Waals surface area contributed by atoms with E-state index in [0.717, 1.165) is 0 Å². The molecular weight excluding hydrogens is 271 g/mol. The fraction of sp³-hybridized carbons (Fsp3) is 0.125. The zero-order chi connectivity index (χ0) is 15.2. The van der Waals surface area contributed by atoms with Crippen molar-refractivity contribution in [3.63, 3.8) is 0 Å². The smallest absolute Gasteiger partial charge is 0.337 e. The van der Waals surface area contributed by atoms with Crippen LogP contribution in [-0.2, 0) is 0 Å². The van der Waals surface area contributed by atoms with Gasteiger partial charge in [-0.2, -0.15) is 5.26 Å². The quantitative estimate of drug-likeness (QED) is 0.911. The van der Waals surface area contributed by atoms with Gasteiger partial charge in [-0.3, -0.25) is 0 Å². The number of nitriles is 1. The van der Waals surface area contributed by atoms with E-state index in [4.69, 9.17) is 5.26 Å².